The summed E-state index contributed by atoms with van der Waals surface area (Å²) < 4.78 is 7.93. The SMILES string of the molecule is CCn1nc(C(=O)N2CCC3(CC2)C[C@H](NC)[C@@](C)(O)CO3)cc1C. The number of amides is 1. The molecule has 2 N–H and O–H groups in total. The summed E-state index contributed by atoms with van der Waals surface area (Å²) >= 11 is 0. The first-order valence-electron chi connectivity index (χ1n) is 9.17. The van der Waals surface area contributed by atoms with Crippen molar-refractivity contribution in [2.45, 2.75) is 63.8 Å². The summed E-state index contributed by atoms with van der Waals surface area (Å²) in [7, 11) is 1.88. The first kappa shape index (κ1) is 18.4. The van der Waals surface area contributed by atoms with E-state index in [1.807, 2.05) is 43.5 Å². The summed E-state index contributed by atoms with van der Waals surface area (Å²) in [5.41, 5.74) is 0.438. The molecule has 1 spiro atoms. The molecular weight excluding hydrogens is 320 g/mol. The minimum Gasteiger partial charge on any atom is -0.386 e. The molecule has 2 atom stereocenters. The second kappa shape index (κ2) is 6.70. The monoisotopic (exact) mass is 350 g/mol. The predicted octanol–water partition coefficient (Wildman–Crippen LogP) is 0.946. The fourth-order valence-corrected chi connectivity index (χ4v) is 4.03. The molecule has 2 fully saturated rings. The largest absolute Gasteiger partial charge is 0.386 e. The number of carbonyl (C=O) groups is 1. The molecule has 7 nitrogen and oxygen atoms in total. The average molecular weight is 350 g/mol. The summed E-state index contributed by atoms with van der Waals surface area (Å²) in [6.07, 6.45) is 2.35. The van der Waals surface area contributed by atoms with E-state index in [0.717, 1.165) is 31.5 Å². The summed E-state index contributed by atoms with van der Waals surface area (Å²) in [5, 5.41) is 18.0. The zero-order chi connectivity index (χ0) is 18.2. The average Bonchev–Trinajstić information content (AvgIpc) is 2.98. The Morgan fingerprint density at radius 3 is 2.72 bits per heavy atom. The highest BCUT2D eigenvalue weighted by Crippen LogP contribution is 2.38. The zero-order valence-electron chi connectivity index (χ0n) is 15.7. The van der Waals surface area contributed by atoms with Gasteiger partial charge in [-0.15, -0.1) is 0 Å². The number of rotatable bonds is 3. The minimum atomic E-state index is -0.850. The van der Waals surface area contributed by atoms with Gasteiger partial charge in [0, 0.05) is 31.4 Å². The first-order chi connectivity index (χ1) is 11.8. The Hall–Kier alpha value is -1.44. The first-order valence-corrected chi connectivity index (χ1v) is 9.17. The highest BCUT2D eigenvalue weighted by atomic mass is 16.5. The summed E-state index contributed by atoms with van der Waals surface area (Å²) in [5.74, 6) is -0.00174. The Morgan fingerprint density at radius 1 is 1.48 bits per heavy atom. The van der Waals surface area contributed by atoms with Gasteiger partial charge in [0.25, 0.3) is 5.91 Å². The van der Waals surface area contributed by atoms with Crippen LogP contribution in [-0.2, 0) is 11.3 Å². The third-order valence-electron chi connectivity index (χ3n) is 5.81. The number of likely N-dealkylation sites (tertiary alicyclic amines) is 1. The van der Waals surface area contributed by atoms with E-state index in [0.29, 0.717) is 25.4 Å². The van der Waals surface area contributed by atoms with E-state index in [1.54, 1.807) is 0 Å². The molecule has 3 heterocycles. The number of aromatic nitrogens is 2. The predicted molar refractivity (Wildman–Crippen MR) is 94.5 cm³/mol. The highest BCUT2D eigenvalue weighted by Gasteiger charge is 2.48. The van der Waals surface area contributed by atoms with E-state index in [1.165, 1.54) is 0 Å². The van der Waals surface area contributed by atoms with Crippen molar-refractivity contribution in [1.29, 1.82) is 0 Å². The van der Waals surface area contributed by atoms with Gasteiger partial charge in [-0.1, -0.05) is 0 Å². The van der Waals surface area contributed by atoms with Gasteiger partial charge in [0.1, 0.15) is 5.60 Å². The summed E-state index contributed by atoms with van der Waals surface area (Å²) in [4.78, 5) is 14.6. The smallest absolute Gasteiger partial charge is 0.274 e. The van der Waals surface area contributed by atoms with Crippen molar-refractivity contribution in [3.05, 3.63) is 17.5 Å². The number of nitrogens with one attached hydrogen (secondary N) is 1. The molecule has 0 saturated carbocycles. The lowest BCUT2D eigenvalue weighted by Crippen LogP contribution is -2.62. The third kappa shape index (κ3) is 3.45. The molecule has 0 radical (unpaired) electrons. The van der Waals surface area contributed by atoms with Crippen molar-refractivity contribution in [2.75, 3.05) is 26.7 Å². The second-order valence-corrected chi connectivity index (χ2v) is 7.65. The van der Waals surface area contributed by atoms with Crippen LogP contribution >= 0.6 is 0 Å². The number of hydrogen-bond acceptors (Lipinski definition) is 5. The maximum absolute atomic E-state index is 12.7. The number of ether oxygens (including phenoxy) is 1. The maximum Gasteiger partial charge on any atom is 0.274 e. The van der Waals surface area contributed by atoms with Crippen molar-refractivity contribution in [2.24, 2.45) is 0 Å². The number of likely N-dealkylation sites (N-methyl/N-ethyl adjacent to an activating group) is 1. The van der Waals surface area contributed by atoms with Gasteiger partial charge < -0.3 is 20.1 Å². The third-order valence-corrected chi connectivity index (χ3v) is 5.81. The molecule has 7 heteroatoms. The Kier molecular flexibility index (Phi) is 4.92. The van der Waals surface area contributed by atoms with Gasteiger partial charge in [-0.25, -0.2) is 0 Å². The van der Waals surface area contributed by atoms with Gasteiger partial charge in [-0.2, -0.15) is 5.10 Å². The lowest BCUT2D eigenvalue weighted by atomic mass is 9.77. The van der Waals surface area contributed by atoms with Crippen molar-refractivity contribution < 1.29 is 14.6 Å². The van der Waals surface area contributed by atoms with Gasteiger partial charge in [0.15, 0.2) is 5.69 Å². The Bertz CT molecular complexity index is 632. The normalized spacial score (nSPS) is 29.2. The van der Waals surface area contributed by atoms with Crippen LogP contribution in [0.1, 0.15) is 49.3 Å². The van der Waals surface area contributed by atoms with Crippen LogP contribution in [0.4, 0.5) is 0 Å². The van der Waals surface area contributed by atoms with E-state index >= 15 is 0 Å². The van der Waals surface area contributed by atoms with Crippen LogP contribution in [-0.4, -0.2) is 69.7 Å². The van der Waals surface area contributed by atoms with Crippen LogP contribution in [0.15, 0.2) is 6.07 Å². The molecule has 1 amide bonds. The molecule has 0 aromatic carbocycles. The van der Waals surface area contributed by atoms with Gasteiger partial charge >= 0.3 is 0 Å². The molecule has 1 aromatic rings. The fourth-order valence-electron chi connectivity index (χ4n) is 4.03. The molecule has 2 aliphatic heterocycles. The van der Waals surface area contributed by atoms with Gasteiger partial charge in [-0.05, 0) is 53.1 Å². The van der Waals surface area contributed by atoms with Crippen LogP contribution in [0.5, 0.6) is 0 Å². The Balaban J connectivity index is 1.64. The van der Waals surface area contributed by atoms with E-state index in [2.05, 4.69) is 10.4 Å². The standard InChI is InChI=1S/C18H30N4O3/c1-5-22-13(2)10-14(20-22)16(23)21-8-6-18(7-9-21)11-15(19-4)17(3,24)12-25-18/h10,15,19,24H,5-9,11-12H2,1-4H3/t15-,17-/m0/s1. The van der Waals surface area contributed by atoms with Crippen molar-refractivity contribution in [1.82, 2.24) is 20.0 Å². The van der Waals surface area contributed by atoms with E-state index < -0.39 is 5.60 Å². The van der Waals surface area contributed by atoms with Crippen molar-refractivity contribution >= 4 is 5.91 Å². The second-order valence-electron chi connectivity index (χ2n) is 7.65. The highest BCUT2D eigenvalue weighted by molar-refractivity contribution is 5.92. The number of aryl methyl sites for hydroxylation is 2. The summed E-state index contributed by atoms with van der Waals surface area (Å²) in [6.45, 7) is 8.22. The van der Waals surface area contributed by atoms with E-state index in [-0.39, 0.29) is 17.6 Å². The number of nitrogens with zero attached hydrogens (tertiary/aromatic N) is 3. The number of aliphatic hydroxyl groups is 1. The zero-order valence-corrected chi connectivity index (χ0v) is 15.7. The molecule has 0 unspecified atom stereocenters. The van der Waals surface area contributed by atoms with Crippen LogP contribution in [0.3, 0.4) is 0 Å². The van der Waals surface area contributed by atoms with Crippen LogP contribution in [0, 0.1) is 6.92 Å². The molecular formula is C18H30N4O3. The van der Waals surface area contributed by atoms with Gasteiger partial charge in [0.2, 0.25) is 0 Å². The molecule has 140 valence electrons. The Morgan fingerprint density at radius 2 is 2.16 bits per heavy atom. The molecule has 2 saturated heterocycles. The van der Waals surface area contributed by atoms with Gasteiger partial charge in [-0.3, -0.25) is 9.48 Å². The molecule has 0 bridgehead atoms. The van der Waals surface area contributed by atoms with Crippen LogP contribution in [0.2, 0.25) is 0 Å². The molecule has 2 aliphatic rings. The van der Waals surface area contributed by atoms with Gasteiger partial charge in [0.05, 0.1) is 12.2 Å². The van der Waals surface area contributed by atoms with E-state index in [4.69, 9.17) is 4.74 Å². The van der Waals surface area contributed by atoms with E-state index in [9.17, 15) is 9.90 Å². The van der Waals surface area contributed by atoms with Crippen molar-refractivity contribution in [3.63, 3.8) is 0 Å². The molecule has 1 aromatic heterocycles. The molecule has 3 rings (SSSR count). The fraction of sp³-hybridized carbons (Fsp3) is 0.778. The molecule has 25 heavy (non-hydrogen) atoms. The number of piperidine rings is 1. The quantitative estimate of drug-likeness (QED) is 0.848. The lowest BCUT2D eigenvalue weighted by Gasteiger charge is -2.50. The van der Waals surface area contributed by atoms with Crippen LogP contribution in [0.25, 0.3) is 0 Å². The topological polar surface area (TPSA) is 79.6 Å². The lowest BCUT2D eigenvalue weighted by molar-refractivity contribution is -0.189. The Labute approximate surface area is 149 Å². The summed E-state index contributed by atoms with van der Waals surface area (Å²) in [6, 6.07) is 1.87. The molecule has 0 aliphatic carbocycles. The number of carbonyl (C=O) groups excluding carboxylic acids is 1. The van der Waals surface area contributed by atoms with Crippen LogP contribution < -0.4 is 5.32 Å². The maximum atomic E-state index is 12.7. The number of hydrogen-bond donors (Lipinski definition) is 2. The minimum absolute atomic E-state index is 0.00174. The van der Waals surface area contributed by atoms with Crippen molar-refractivity contribution in [3.8, 4) is 0 Å².